The highest BCUT2D eigenvalue weighted by atomic mass is 16.4. The molecule has 1 N–H and O–H groups in total. The summed E-state index contributed by atoms with van der Waals surface area (Å²) in [5.41, 5.74) is 0. The third kappa shape index (κ3) is 3.35. The fourth-order valence-corrected chi connectivity index (χ4v) is 1.88. The van der Waals surface area contributed by atoms with E-state index in [4.69, 9.17) is 5.11 Å². The number of nitrogens with zero attached hydrogens (tertiary/aromatic N) is 1. The lowest BCUT2D eigenvalue weighted by Gasteiger charge is -2.39. The third-order valence-corrected chi connectivity index (χ3v) is 2.87. The number of hydrogen-bond donors (Lipinski definition) is 1. The largest absolute Gasteiger partial charge is 0.481 e. The van der Waals surface area contributed by atoms with Gasteiger partial charge in [-0.2, -0.15) is 0 Å². The average molecular weight is 185 g/mol. The van der Waals surface area contributed by atoms with Crippen LogP contribution in [0.1, 0.15) is 32.6 Å². The first-order valence-electron chi connectivity index (χ1n) is 5.01. The number of carbonyl (C=O) groups is 1. The van der Waals surface area contributed by atoms with Crippen molar-refractivity contribution in [3.8, 4) is 0 Å². The van der Waals surface area contributed by atoms with Gasteiger partial charge < -0.3 is 10.0 Å². The number of carboxylic acid groups (broad SMARTS) is 1. The van der Waals surface area contributed by atoms with Gasteiger partial charge in [0.25, 0.3) is 0 Å². The summed E-state index contributed by atoms with van der Waals surface area (Å²) >= 11 is 0. The van der Waals surface area contributed by atoms with E-state index in [0.29, 0.717) is 12.5 Å². The number of rotatable bonds is 5. The highest BCUT2D eigenvalue weighted by molar-refractivity contribution is 5.66. The second kappa shape index (κ2) is 4.61. The summed E-state index contributed by atoms with van der Waals surface area (Å²) in [6.45, 7) is 3.19. The van der Waals surface area contributed by atoms with E-state index in [1.54, 1.807) is 0 Å². The minimum atomic E-state index is -0.685. The molecule has 0 aromatic heterocycles. The fourth-order valence-electron chi connectivity index (χ4n) is 1.88. The van der Waals surface area contributed by atoms with Crippen LogP contribution in [0.2, 0.25) is 0 Å². The van der Waals surface area contributed by atoms with E-state index in [9.17, 15) is 4.79 Å². The molecule has 1 aliphatic rings. The molecule has 0 bridgehead atoms. The van der Waals surface area contributed by atoms with Crippen molar-refractivity contribution in [2.45, 2.75) is 38.6 Å². The maximum atomic E-state index is 10.3. The summed E-state index contributed by atoms with van der Waals surface area (Å²) in [4.78, 5) is 12.6. The molecule has 0 radical (unpaired) electrons. The van der Waals surface area contributed by atoms with Gasteiger partial charge in [0.05, 0.1) is 0 Å². The summed E-state index contributed by atoms with van der Waals surface area (Å²) in [5, 5.41) is 8.46. The minimum absolute atomic E-state index is 0.298. The molecule has 1 fully saturated rings. The highest BCUT2D eigenvalue weighted by Crippen LogP contribution is 2.30. The van der Waals surface area contributed by atoms with Crippen molar-refractivity contribution in [1.29, 1.82) is 0 Å². The smallest absolute Gasteiger partial charge is 0.303 e. The maximum absolute atomic E-state index is 10.3. The first-order valence-corrected chi connectivity index (χ1v) is 5.01. The first-order chi connectivity index (χ1) is 6.09. The van der Waals surface area contributed by atoms with Crippen molar-refractivity contribution >= 4 is 5.97 Å². The van der Waals surface area contributed by atoms with E-state index in [0.717, 1.165) is 18.9 Å². The van der Waals surface area contributed by atoms with Crippen LogP contribution in [0.25, 0.3) is 0 Å². The Hall–Kier alpha value is -0.570. The molecule has 1 saturated carbocycles. The molecule has 13 heavy (non-hydrogen) atoms. The van der Waals surface area contributed by atoms with Crippen LogP contribution in [-0.2, 0) is 4.79 Å². The van der Waals surface area contributed by atoms with Crippen molar-refractivity contribution in [1.82, 2.24) is 4.90 Å². The van der Waals surface area contributed by atoms with Gasteiger partial charge in [0.15, 0.2) is 0 Å². The van der Waals surface area contributed by atoms with Gasteiger partial charge in [0, 0.05) is 12.5 Å². The molecule has 76 valence electrons. The van der Waals surface area contributed by atoms with E-state index < -0.39 is 5.97 Å². The quantitative estimate of drug-likeness (QED) is 0.707. The highest BCUT2D eigenvalue weighted by Gasteiger charge is 2.28. The molecule has 3 nitrogen and oxygen atoms in total. The van der Waals surface area contributed by atoms with Gasteiger partial charge in [0.1, 0.15) is 0 Å². The van der Waals surface area contributed by atoms with Gasteiger partial charge in [-0.05, 0) is 38.8 Å². The molecule has 0 heterocycles. The zero-order chi connectivity index (χ0) is 9.84. The van der Waals surface area contributed by atoms with Crippen LogP contribution in [0.15, 0.2) is 0 Å². The second-order valence-corrected chi connectivity index (χ2v) is 4.21. The molecule has 1 aliphatic carbocycles. The predicted molar refractivity (Wildman–Crippen MR) is 51.7 cm³/mol. The van der Waals surface area contributed by atoms with Gasteiger partial charge >= 0.3 is 5.97 Å². The lowest BCUT2D eigenvalue weighted by Crippen LogP contribution is -2.42. The molecule has 0 unspecified atom stereocenters. The summed E-state index contributed by atoms with van der Waals surface area (Å²) in [7, 11) is 2.10. The van der Waals surface area contributed by atoms with Crippen LogP contribution in [0.3, 0.4) is 0 Å². The molecule has 0 spiro atoms. The number of aliphatic carboxylic acids is 1. The molecule has 3 heteroatoms. The number of carboxylic acids is 1. The Kier molecular flexibility index (Phi) is 3.72. The van der Waals surface area contributed by atoms with Gasteiger partial charge in [-0.1, -0.05) is 6.92 Å². The monoisotopic (exact) mass is 185 g/mol. The Morgan fingerprint density at radius 1 is 1.54 bits per heavy atom. The van der Waals surface area contributed by atoms with E-state index in [-0.39, 0.29) is 0 Å². The first kappa shape index (κ1) is 10.5. The van der Waals surface area contributed by atoms with Gasteiger partial charge in [-0.3, -0.25) is 4.79 Å². The van der Waals surface area contributed by atoms with Gasteiger partial charge in [-0.15, -0.1) is 0 Å². The topological polar surface area (TPSA) is 40.5 Å². The molecule has 0 aromatic rings. The van der Waals surface area contributed by atoms with Gasteiger partial charge in [0.2, 0.25) is 0 Å². The van der Waals surface area contributed by atoms with Crippen molar-refractivity contribution in [3.05, 3.63) is 0 Å². The fraction of sp³-hybridized carbons (Fsp3) is 0.900. The summed E-state index contributed by atoms with van der Waals surface area (Å²) in [5.74, 6) is 0.183. The molecule has 0 saturated heterocycles. The lowest BCUT2D eigenvalue weighted by molar-refractivity contribution is -0.137. The zero-order valence-electron chi connectivity index (χ0n) is 8.49. The van der Waals surface area contributed by atoms with Crippen LogP contribution in [0, 0.1) is 5.92 Å². The second-order valence-electron chi connectivity index (χ2n) is 4.21. The molecule has 0 amide bonds. The van der Waals surface area contributed by atoms with E-state index in [1.165, 1.54) is 12.8 Å². The molecule has 0 aliphatic heterocycles. The van der Waals surface area contributed by atoms with E-state index in [1.807, 2.05) is 0 Å². The molecule has 0 aromatic carbocycles. The lowest BCUT2D eigenvalue weighted by atomic mass is 9.81. The maximum Gasteiger partial charge on any atom is 0.303 e. The predicted octanol–water partition coefficient (Wildman–Crippen LogP) is 1.58. The molecular weight excluding hydrogens is 166 g/mol. The summed E-state index contributed by atoms with van der Waals surface area (Å²) in [6, 6.07) is 0.712. The standard InChI is InChI=1S/C10H19NO2/c1-8-6-9(7-8)11(2)5-3-4-10(12)13/h8-9H,3-7H2,1-2H3,(H,12,13). The summed E-state index contributed by atoms with van der Waals surface area (Å²) < 4.78 is 0. The Morgan fingerprint density at radius 2 is 2.15 bits per heavy atom. The van der Waals surface area contributed by atoms with Crippen LogP contribution in [-0.4, -0.2) is 35.6 Å². The van der Waals surface area contributed by atoms with Crippen molar-refractivity contribution in [2.75, 3.05) is 13.6 Å². The van der Waals surface area contributed by atoms with Crippen LogP contribution in [0.5, 0.6) is 0 Å². The van der Waals surface area contributed by atoms with Gasteiger partial charge in [-0.25, -0.2) is 0 Å². The SMILES string of the molecule is CC1CC(N(C)CCCC(=O)O)C1. The Balaban J connectivity index is 2.04. The Labute approximate surface area is 79.7 Å². The normalized spacial score (nSPS) is 27.3. The molecular formula is C10H19NO2. The number of hydrogen-bond acceptors (Lipinski definition) is 2. The zero-order valence-corrected chi connectivity index (χ0v) is 8.49. The Morgan fingerprint density at radius 3 is 2.62 bits per heavy atom. The van der Waals surface area contributed by atoms with E-state index >= 15 is 0 Å². The van der Waals surface area contributed by atoms with Crippen LogP contribution in [0.4, 0.5) is 0 Å². The third-order valence-electron chi connectivity index (χ3n) is 2.87. The summed E-state index contributed by atoms with van der Waals surface area (Å²) in [6.07, 6.45) is 3.64. The van der Waals surface area contributed by atoms with Crippen molar-refractivity contribution in [3.63, 3.8) is 0 Å². The van der Waals surface area contributed by atoms with Crippen LogP contribution < -0.4 is 0 Å². The average Bonchev–Trinajstić information content (AvgIpc) is 1.97. The molecule has 0 atom stereocenters. The van der Waals surface area contributed by atoms with Crippen LogP contribution >= 0.6 is 0 Å². The Bertz CT molecular complexity index is 176. The minimum Gasteiger partial charge on any atom is -0.481 e. The van der Waals surface area contributed by atoms with Crippen molar-refractivity contribution < 1.29 is 9.90 Å². The van der Waals surface area contributed by atoms with Crippen molar-refractivity contribution in [2.24, 2.45) is 5.92 Å². The van der Waals surface area contributed by atoms with E-state index in [2.05, 4.69) is 18.9 Å². The molecule has 1 rings (SSSR count).